The van der Waals surface area contributed by atoms with Crippen LogP contribution in [0.15, 0.2) is 65.9 Å². The first-order valence-electron chi connectivity index (χ1n) is 7.84. The fraction of sp³-hybridized carbons (Fsp3) is 0. The molecule has 0 aliphatic heterocycles. The highest BCUT2D eigenvalue weighted by atomic mass is 35.5. The van der Waals surface area contributed by atoms with Crippen LogP contribution < -0.4 is 11.5 Å². The quantitative estimate of drug-likeness (QED) is 0.421. The Balaban J connectivity index is 2.07. The first-order chi connectivity index (χ1) is 12.6. The number of nitrogens with two attached hydrogens (primary N) is 2. The Morgan fingerprint density at radius 2 is 1.88 bits per heavy atom. The first-order valence-corrected chi connectivity index (χ1v) is 8.21. The number of rotatable bonds is 2. The first kappa shape index (κ1) is 16.1. The molecular formula is C19H14ClN5O. The molecule has 6 nitrogen and oxygen atoms in total. The number of guanidine groups is 1. The summed E-state index contributed by atoms with van der Waals surface area (Å²) < 4.78 is 1.90. The summed E-state index contributed by atoms with van der Waals surface area (Å²) in [6.07, 6.45) is 3.43. The molecule has 0 unspecified atom stereocenters. The third-order valence-corrected chi connectivity index (χ3v) is 4.44. The number of carbonyl (C=O) groups excluding carboxylic acids is 1. The van der Waals surface area contributed by atoms with Gasteiger partial charge in [-0.1, -0.05) is 35.9 Å². The number of carbonyl (C=O) groups is 1. The van der Waals surface area contributed by atoms with Crippen LogP contribution in [0.2, 0.25) is 5.02 Å². The van der Waals surface area contributed by atoms with Crippen LogP contribution in [0.25, 0.3) is 27.5 Å². The molecule has 0 atom stereocenters. The number of amides is 1. The van der Waals surface area contributed by atoms with Gasteiger partial charge in [0.25, 0.3) is 5.91 Å². The number of aliphatic imine (C=N–C) groups is 1. The summed E-state index contributed by atoms with van der Waals surface area (Å²) in [7, 11) is 0. The highest BCUT2D eigenvalue weighted by molar-refractivity contribution is 6.37. The van der Waals surface area contributed by atoms with Crippen molar-refractivity contribution in [3.63, 3.8) is 0 Å². The second kappa shape index (κ2) is 6.16. The molecule has 0 saturated carbocycles. The number of aromatic nitrogens is 2. The summed E-state index contributed by atoms with van der Waals surface area (Å²) >= 11 is 6.37. The van der Waals surface area contributed by atoms with Crippen molar-refractivity contribution in [2.24, 2.45) is 16.5 Å². The molecule has 128 valence electrons. The number of benzene rings is 2. The lowest BCUT2D eigenvalue weighted by Crippen LogP contribution is -2.24. The highest BCUT2D eigenvalue weighted by Crippen LogP contribution is 2.33. The second-order valence-corrected chi connectivity index (χ2v) is 6.14. The zero-order chi connectivity index (χ0) is 18.3. The molecule has 26 heavy (non-hydrogen) atoms. The van der Waals surface area contributed by atoms with Crippen LogP contribution in [0.4, 0.5) is 0 Å². The fourth-order valence-electron chi connectivity index (χ4n) is 3.07. The summed E-state index contributed by atoms with van der Waals surface area (Å²) in [5.41, 5.74) is 13.6. The van der Waals surface area contributed by atoms with Crippen LogP contribution in [-0.2, 0) is 0 Å². The van der Waals surface area contributed by atoms with Crippen molar-refractivity contribution >= 4 is 45.3 Å². The zero-order valence-corrected chi connectivity index (χ0v) is 14.3. The third-order valence-electron chi connectivity index (χ3n) is 4.13. The van der Waals surface area contributed by atoms with E-state index < -0.39 is 5.91 Å². The SMILES string of the molecule is NC(N)=NC(=O)c1cn(-c2ccnc3ccccc23)c2cccc(Cl)c12. The molecule has 4 aromatic rings. The molecule has 1 amide bonds. The molecule has 0 spiro atoms. The maximum absolute atomic E-state index is 12.5. The van der Waals surface area contributed by atoms with Gasteiger partial charge < -0.3 is 16.0 Å². The number of fused-ring (bicyclic) bond motifs is 2. The van der Waals surface area contributed by atoms with Crippen LogP contribution >= 0.6 is 11.6 Å². The van der Waals surface area contributed by atoms with Gasteiger partial charge in [0.2, 0.25) is 0 Å². The van der Waals surface area contributed by atoms with Gasteiger partial charge in [-0.2, -0.15) is 4.99 Å². The van der Waals surface area contributed by atoms with Gasteiger partial charge in [0.15, 0.2) is 5.96 Å². The lowest BCUT2D eigenvalue weighted by Gasteiger charge is -2.09. The molecule has 2 aromatic heterocycles. The number of para-hydroxylation sites is 1. The maximum Gasteiger partial charge on any atom is 0.282 e. The van der Waals surface area contributed by atoms with E-state index in [1.165, 1.54) is 0 Å². The summed E-state index contributed by atoms with van der Waals surface area (Å²) in [6, 6.07) is 15.1. The minimum atomic E-state index is -0.541. The van der Waals surface area contributed by atoms with Gasteiger partial charge in [0.05, 0.1) is 27.3 Å². The van der Waals surface area contributed by atoms with Crippen LogP contribution in [0.3, 0.4) is 0 Å². The molecule has 0 bridgehead atoms. The van der Waals surface area contributed by atoms with Crippen molar-refractivity contribution in [3.05, 3.63) is 71.5 Å². The highest BCUT2D eigenvalue weighted by Gasteiger charge is 2.19. The maximum atomic E-state index is 12.5. The largest absolute Gasteiger partial charge is 0.370 e. The van der Waals surface area contributed by atoms with E-state index in [1.54, 1.807) is 18.5 Å². The van der Waals surface area contributed by atoms with E-state index in [0.29, 0.717) is 16.0 Å². The Morgan fingerprint density at radius 1 is 1.08 bits per heavy atom. The molecule has 0 aliphatic carbocycles. The van der Waals surface area contributed by atoms with E-state index >= 15 is 0 Å². The molecule has 0 aliphatic rings. The van der Waals surface area contributed by atoms with Gasteiger partial charge in [0.1, 0.15) is 0 Å². The summed E-state index contributed by atoms with van der Waals surface area (Å²) in [5, 5.41) is 2.01. The van der Waals surface area contributed by atoms with Crippen LogP contribution in [-0.4, -0.2) is 21.4 Å². The molecule has 0 saturated heterocycles. The Morgan fingerprint density at radius 3 is 2.69 bits per heavy atom. The molecule has 0 radical (unpaired) electrons. The van der Waals surface area contributed by atoms with Crippen molar-refractivity contribution < 1.29 is 4.79 Å². The topological polar surface area (TPSA) is 99.3 Å². The van der Waals surface area contributed by atoms with Crippen LogP contribution in [0.1, 0.15) is 10.4 Å². The molecule has 7 heteroatoms. The number of nitrogens with zero attached hydrogens (tertiary/aromatic N) is 3. The van der Waals surface area contributed by atoms with Crippen molar-refractivity contribution in [2.75, 3.05) is 0 Å². The average Bonchev–Trinajstić information content (AvgIpc) is 3.02. The summed E-state index contributed by atoms with van der Waals surface area (Å²) in [4.78, 5) is 20.5. The van der Waals surface area contributed by atoms with Crippen molar-refractivity contribution in [1.82, 2.24) is 9.55 Å². The van der Waals surface area contributed by atoms with E-state index in [1.807, 2.05) is 47.0 Å². The Hall–Kier alpha value is -3.38. The molecule has 4 rings (SSSR count). The zero-order valence-electron chi connectivity index (χ0n) is 13.6. The lowest BCUT2D eigenvalue weighted by atomic mass is 10.1. The van der Waals surface area contributed by atoms with Crippen molar-refractivity contribution in [3.8, 4) is 5.69 Å². The molecular weight excluding hydrogens is 350 g/mol. The summed E-state index contributed by atoms with van der Waals surface area (Å²) in [5.74, 6) is -0.836. The van der Waals surface area contributed by atoms with E-state index in [0.717, 1.165) is 22.1 Å². The van der Waals surface area contributed by atoms with E-state index in [-0.39, 0.29) is 5.96 Å². The van der Waals surface area contributed by atoms with Gasteiger partial charge in [0, 0.05) is 23.2 Å². The summed E-state index contributed by atoms with van der Waals surface area (Å²) in [6.45, 7) is 0. The Kier molecular flexibility index (Phi) is 3.82. The monoisotopic (exact) mass is 363 g/mol. The average molecular weight is 364 g/mol. The van der Waals surface area contributed by atoms with Crippen LogP contribution in [0, 0.1) is 0 Å². The normalized spacial score (nSPS) is 11.0. The predicted molar refractivity (Wildman–Crippen MR) is 104 cm³/mol. The Labute approximate surface area is 153 Å². The molecule has 2 heterocycles. The van der Waals surface area contributed by atoms with Gasteiger partial charge in [-0.25, -0.2) is 0 Å². The molecule has 2 aromatic carbocycles. The molecule has 0 fully saturated rings. The van der Waals surface area contributed by atoms with Crippen molar-refractivity contribution in [2.45, 2.75) is 0 Å². The number of halogens is 1. The van der Waals surface area contributed by atoms with Crippen LogP contribution in [0.5, 0.6) is 0 Å². The number of pyridine rings is 1. The van der Waals surface area contributed by atoms with E-state index in [9.17, 15) is 4.79 Å². The lowest BCUT2D eigenvalue weighted by molar-refractivity contribution is 0.100. The smallest absolute Gasteiger partial charge is 0.282 e. The van der Waals surface area contributed by atoms with Gasteiger partial charge in [-0.15, -0.1) is 0 Å². The van der Waals surface area contributed by atoms with Crippen molar-refractivity contribution in [1.29, 1.82) is 0 Å². The minimum Gasteiger partial charge on any atom is -0.370 e. The number of hydrogen-bond donors (Lipinski definition) is 2. The standard InChI is InChI=1S/C19H14ClN5O/c20-13-5-3-7-16-17(13)12(18(26)24-19(21)22)10-25(16)15-8-9-23-14-6-2-1-4-11(14)15/h1-10H,(H4,21,22,24,26). The second-order valence-electron chi connectivity index (χ2n) is 5.74. The molecule has 4 N–H and O–H groups in total. The van der Waals surface area contributed by atoms with Gasteiger partial charge >= 0.3 is 0 Å². The third kappa shape index (κ3) is 2.57. The van der Waals surface area contributed by atoms with Gasteiger partial charge in [-0.3, -0.25) is 9.78 Å². The van der Waals surface area contributed by atoms with E-state index in [4.69, 9.17) is 23.1 Å². The number of hydrogen-bond acceptors (Lipinski definition) is 2. The minimum absolute atomic E-state index is 0.294. The Bertz CT molecular complexity index is 1190. The predicted octanol–water partition coefficient (Wildman–Crippen LogP) is 3.25. The fourth-order valence-corrected chi connectivity index (χ4v) is 3.34. The van der Waals surface area contributed by atoms with Gasteiger partial charge in [-0.05, 0) is 24.3 Å². The van der Waals surface area contributed by atoms with E-state index in [2.05, 4.69) is 9.98 Å².